The number of carbonyl (C=O) groups is 2. The van der Waals surface area contributed by atoms with Crippen LogP contribution in [-0.4, -0.2) is 30.2 Å². The van der Waals surface area contributed by atoms with Gasteiger partial charge in [0.25, 0.3) is 5.56 Å². The van der Waals surface area contributed by atoms with Gasteiger partial charge in [-0.3, -0.25) is 14.2 Å². The zero-order valence-electron chi connectivity index (χ0n) is 26.9. The third kappa shape index (κ3) is 6.63. The number of nitrogens with zero attached hydrogens (tertiary/aromatic N) is 2. The lowest BCUT2D eigenvalue weighted by atomic mass is 9.78. The quantitative estimate of drug-likeness (QED) is 0.198. The molecule has 1 aliphatic rings. The van der Waals surface area contributed by atoms with E-state index in [2.05, 4.69) is 53.1 Å². The molecule has 2 aromatic carbocycles. The molecule has 4 rings (SSSR count). The van der Waals surface area contributed by atoms with Crippen LogP contribution < -0.4 is 24.4 Å². The van der Waals surface area contributed by atoms with E-state index in [9.17, 15) is 14.4 Å². The van der Waals surface area contributed by atoms with Crippen molar-refractivity contribution in [3.8, 4) is 11.5 Å². The molecule has 9 heteroatoms. The van der Waals surface area contributed by atoms with Crippen molar-refractivity contribution in [3.05, 3.63) is 102 Å². The molecule has 0 saturated carbocycles. The Bertz CT molecular complexity index is 1790. The molecule has 0 amide bonds. The molecule has 0 bridgehead atoms. The summed E-state index contributed by atoms with van der Waals surface area (Å²) in [6.07, 6.45) is 3.34. The second-order valence-corrected chi connectivity index (χ2v) is 13.8. The maximum atomic E-state index is 14.2. The first-order valence-electron chi connectivity index (χ1n) is 14.4. The van der Waals surface area contributed by atoms with Crippen LogP contribution >= 0.6 is 11.3 Å². The molecule has 8 nitrogen and oxygen atoms in total. The van der Waals surface area contributed by atoms with E-state index in [-0.39, 0.29) is 28.6 Å². The summed E-state index contributed by atoms with van der Waals surface area (Å²) in [4.78, 5) is 44.8. The topological polar surface area (TPSA) is 96.2 Å². The zero-order chi connectivity index (χ0) is 32.6. The molecule has 0 N–H and O–H groups in total. The minimum absolute atomic E-state index is 0.0327. The average molecular weight is 617 g/mol. The summed E-state index contributed by atoms with van der Waals surface area (Å²) in [6.45, 7) is 19.2. The predicted octanol–water partition coefficient (Wildman–Crippen LogP) is 5.49. The van der Waals surface area contributed by atoms with Crippen LogP contribution in [0, 0.1) is 0 Å². The number of carbonyl (C=O) groups excluding carboxylic acids is 2. The summed E-state index contributed by atoms with van der Waals surface area (Å²) in [5.74, 6) is 0.249. The molecule has 1 unspecified atom stereocenters. The van der Waals surface area contributed by atoms with E-state index in [0.29, 0.717) is 32.1 Å². The van der Waals surface area contributed by atoms with E-state index in [0.717, 1.165) is 16.7 Å². The van der Waals surface area contributed by atoms with Crippen LogP contribution in [0.5, 0.6) is 11.5 Å². The Hall–Kier alpha value is -4.24. The Labute approximate surface area is 262 Å². The number of benzene rings is 2. The number of hydrogen-bond donors (Lipinski definition) is 0. The fourth-order valence-corrected chi connectivity index (χ4v) is 6.20. The van der Waals surface area contributed by atoms with Gasteiger partial charge >= 0.3 is 11.9 Å². The first-order chi connectivity index (χ1) is 20.6. The second-order valence-electron chi connectivity index (χ2n) is 12.8. The van der Waals surface area contributed by atoms with Gasteiger partial charge in [0.2, 0.25) is 0 Å². The van der Waals surface area contributed by atoms with Gasteiger partial charge < -0.3 is 14.2 Å². The number of ether oxygens (including phenoxy) is 3. The average Bonchev–Trinajstić information content (AvgIpc) is 3.24. The van der Waals surface area contributed by atoms with E-state index in [4.69, 9.17) is 14.2 Å². The molecule has 0 saturated heterocycles. The van der Waals surface area contributed by atoms with Crippen LogP contribution in [0.15, 0.2) is 70.1 Å². The summed E-state index contributed by atoms with van der Waals surface area (Å²) < 4.78 is 18.6. The van der Waals surface area contributed by atoms with Crippen molar-refractivity contribution < 1.29 is 23.8 Å². The van der Waals surface area contributed by atoms with E-state index >= 15 is 0 Å². The highest BCUT2D eigenvalue weighted by Gasteiger charge is 2.34. The first-order valence-corrected chi connectivity index (χ1v) is 15.2. The lowest BCUT2D eigenvalue weighted by Gasteiger charge is -2.29. The highest BCUT2D eigenvalue weighted by Crippen LogP contribution is 2.41. The molecule has 0 spiro atoms. The largest absolute Gasteiger partial charge is 0.497 e. The lowest BCUT2D eigenvalue weighted by molar-refractivity contribution is -0.138. The van der Waals surface area contributed by atoms with Crippen LogP contribution in [0.1, 0.15) is 83.7 Å². The number of rotatable bonds is 7. The maximum absolute atomic E-state index is 14.2. The Balaban J connectivity index is 1.99. The van der Waals surface area contributed by atoms with Crippen molar-refractivity contribution in [1.82, 2.24) is 4.57 Å². The van der Waals surface area contributed by atoms with Gasteiger partial charge in [-0.25, -0.2) is 9.79 Å². The van der Waals surface area contributed by atoms with Gasteiger partial charge in [-0.15, -0.1) is 0 Å². The Morgan fingerprint density at radius 1 is 1.05 bits per heavy atom. The van der Waals surface area contributed by atoms with Crippen molar-refractivity contribution in [1.29, 1.82) is 0 Å². The van der Waals surface area contributed by atoms with Gasteiger partial charge in [0.15, 0.2) is 4.80 Å². The Kier molecular flexibility index (Phi) is 9.21. The van der Waals surface area contributed by atoms with Gasteiger partial charge in [-0.1, -0.05) is 77.7 Å². The van der Waals surface area contributed by atoms with Crippen molar-refractivity contribution in [3.63, 3.8) is 0 Å². The first kappa shape index (κ1) is 32.7. The predicted molar refractivity (Wildman–Crippen MR) is 173 cm³/mol. The molecular weight excluding hydrogens is 576 g/mol. The van der Waals surface area contributed by atoms with Crippen LogP contribution in [0.4, 0.5) is 0 Å². The van der Waals surface area contributed by atoms with Crippen LogP contribution in [0.25, 0.3) is 6.08 Å². The molecular formula is C35H40N2O6S. The third-order valence-electron chi connectivity index (χ3n) is 7.28. The van der Waals surface area contributed by atoms with Gasteiger partial charge in [0.1, 0.15) is 18.1 Å². The van der Waals surface area contributed by atoms with Crippen LogP contribution in [0.2, 0.25) is 0 Å². The lowest BCUT2D eigenvalue weighted by Crippen LogP contribution is -2.40. The number of methoxy groups -OCH3 is 1. The summed E-state index contributed by atoms with van der Waals surface area (Å²) in [5, 5.41) is 0. The molecule has 0 radical (unpaired) electrons. The monoisotopic (exact) mass is 616 g/mol. The minimum Gasteiger partial charge on any atom is -0.497 e. The molecule has 44 heavy (non-hydrogen) atoms. The van der Waals surface area contributed by atoms with E-state index in [1.165, 1.54) is 24.3 Å². The van der Waals surface area contributed by atoms with E-state index in [1.807, 2.05) is 30.3 Å². The number of fused-ring (bicyclic) bond motifs is 1. The Morgan fingerprint density at radius 3 is 2.14 bits per heavy atom. The molecule has 0 aliphatic carbocycles. The van der Waals surface area contributed by atoms with Gasteiger partial charge in [0, 0.05) is 18.1 Å². The second kappa shape index (κ2) is 12.4. The number of thiazole rings is 1. The molecule has 2 heterocycles. The molecule has 3 aromatic rings. The standard InChI is InChI=1S/C35H40N2O6S/c1-11-16-42-32(40)28-20(2)36-33-37(29(28)23-12-14-24(41-10)15-13-23)31(39)27(44-33)19-22-17-25(34(4,5)6)30(43-21(3)38)26(18-22)35(7,8)9/h11-15,17-19,29H,1,16H2,2-10H3/b27-19-. The highest BCUT2D eigenvalue weighted by atomic mass is 32.1. The zero-order valence-corrected chi connectivity index (χ0v) is 27.7. The van der Waals surface area contributed by atoms with Gasteiger partial charge in [-0.2, -0.15) is 0 Å². The number of hydrogen-bond acceptors (Lipinski definition) is 8. The Morgan fingerprint density at radius 2 is 1.64 bits per heavy atom. The smallest absolute Gasteiger partial charge is 0.338 e. The molecule has 1 aromatic heterocycles. The summed E-state index contributed by atoms with van der Waals surface area (Å²) >= 11 is 1.26. The van der Waals surface area contributed by atoms with Gasteiger partial charge in [0.05, 0.1) is 29.0 Å². The normalized spacial score (nSPS) is 15.4. The molecule has 1 atom stereocenters. The number of allylic oxidation sites excluding steroid dienone is 1. The number of esters is 2. The number of aromatic nitrogens is 1. The van der Waals surface area contributed by atoms with Crippen molar-refractivity contribution >= 4 is 29.4 Å². The van der Waals surface area contributed by atoms with Crippen molar-refractivity contribution in [2.24, 2.45) is 4.99 Å². The van der Waals surface area contributed by atoms with Crippen molar-refractivity contribution in [2.75, 3.05) is 13.7 Å². The summed E-state index contributed by atoms with van der Waals surface area (Å²) in [6, 6.07) is 10.4. The maximum Gasteiger partial charge on any atom is 0.338 e. The van der Waals surface area contributed by atoms with Crippen molar-refractivity contribution in [2.45, 2.75) is 72.3 Å². The molecule has 0 fully saturated rings. The highest BCUT2D eigenvalue weighted by molar-refractivity contribution is 7.07. The third-order valence-corrected chi connectivity index (χ3v) is 8.26. The minimum atomic E-state index is -0.752. The molecule has 1 aliphatic heterocycles. The SMILES string of the molecule is C=CCOC(=O)C1=C(C)N=c2s/c(=C\c3cc(C(C)(C)C)c(OC(C)=O)c(C(C)(C)C)c3)c(=O)n2C1c1ccc(OC)cc1. The van der Waals surface area contributed by atoms with Gasteiger partial charge in [-0.05, 0) is 59.2 Å². The fraction of sp³-hybridized carbons (Fsp3) is 0.371. The van der Waals surface area contributed by atoms with Crippen LogP contribution in [0.3, 0.4) is 0 Å². The molecule has 232 valence electrons. The van der Waals surface area contributed by atoms with Crippen LogP contribution in [-0.2, 0) is 25.2 Å². The van der Waals surface area contributed by atoms with E-state index in [1.54, 1.807) is 30.7 Å². The fourth-order valence-electron chi connectivity index (χ4n) is 5.15. The summed E-state index contributed by atoms with van der Waals surface area (Å²) in [5.41, 5.74) is 3.00. The summed E-state index contributed by atoms with van der Waals surface area (Å²) in [7, 11) is 1.58. The van der Waals surface area contributed by atoms with E-state index < -0.39 is 18.0 Å².